The first-order valence-electron chi connectivity index (χ1n) is 6.10. The van der Waals surface area contributed by atoms with E-state index in [4.69, 9.17) is 0 Å². The van der Waals surface area contributed by atoms with Crippen LogP contribution in [0, 0.1) is 5.92 Å². The minimum atomic E-state index is 0.741. The molecule has 0 aromatic carbocycles. The molecule has 6 heteroatoms. The molecule has 1 N–H and O–H groups in total. The molecule has 0 saturated heterocycles. The van der Waals surface area contributed by atoms with E-state index in [9.17, 15) is 0 Å². The van der Waals surface area contributed by atoms with Crippen LogP contribution in [0.4, 0.5) is 5.82 Å². The molecule has 90 valence electrons. The van der Waals surface area contributed by atoms with Crippen molar-refractivity contribution in [1.29, 1.82) is 0 Å². The van der Waals surface area contributed by atoms with Gasteiger partial charge < -0.3 is 5.32 Å². The summed E-state index contributed by atoms with van der Waals surface area (Å²) in [7, 11) is 1.83. The molecule has 0 unspecified atom stereocenters. The molecule has 1 aliphatic rings. The average molecular weight is 232 g/mol. The summed E-state index contributed by atoms with van der Waals surface area (Å²) in [5, 5.41) is 11.3. The highest BCUT2D eigenvalue weighted by Gasteiger charge is 2.18. The Kier molecular flexibility index (Phi) is 2.62. The topological polar surface area (TPSA) is 68.5 Å². The van der Waals surface area contributed by atoms with Crippen molar-refractivity contribution in [2.24, 2.45) is 5.92 Å². The summed E-state index contributed by atoms with van der Waals surface area (Å²) in [6.45, 7) is 0.904. The third-order valence-electron chi connectivity index (χ3n) is 3.51. The number of aryl methyl sites for hydroxylation is 1. The van der Waals surface area contributed by atoms with E-state index in [1.807, 2.05) is 11.7 Å². The lowest BCUT2D eigenvalue weighted by atomic mass is 9.83. The van der Waals surface area contributed by atoms with Gasteiger partial charge in [-0.1, -0.05) is 24.5 Å². The van der Waals surface area contributed by atoms with Gasteiger partial charge in [-0.25, -0.2) is 14.6 Å². The number of nitrogens with zero attached hydrogens (tertiary/aromatic N) is 5. The molecule has 0 amide bonds. The summed E-state index contributed by atoms with van der Waals surface area (Å²) in [6, 6.07) is 0. The second kappa shape index (κ2) is 4.27. The van der Waals surface area contributed by atoms with E-state index in [1.54, 1.807) is 6.33 Å². The number of nitrogens with one attached hydrogen (secondary N) is 1. The number of hydrogen-bond donors (Lipinski definition) is 1. The summed E-state index contributed by atoms with van der Waals surface area (Å²) in [4.78, 5) is 8.38. The molecule has 17 heavy (non-hydrogen) atoms. The van der Waals surface area contributed by atoms with E-state index in [-0.39, 0.29) is 0 Å². The van der Waals surface area contributed by atoms with Crippen LogP contribution in [0.3, 0.4) is 0 Å². The maximum atomic E-state index is 4.26. The van der Waals surface area contributed by atoms with Gasteiger partial charge in [0.1, 0.15) is 6.33 Å². The minimum absolute atomic E-state index is 0.741. The van der Waals surface area contributed by atoms with E-state index in [0.717, 1.165) is 29.4 Å². The Morgan fingerprint density at radius 1 is 1.41 bits per heavy atom. The maximum Gasteiger partial charge on any atom is 0.183 e. The van der Waals surface area contributed by atoms with Gasteiger partial charge in [-0.15, -0.1) is 5.10 Å². The number of aromatic nitrogens is 5. The Morgan fingerprint density at radius 3 is 3.00 bits per heavy atom. The summed E-state index contributed by atoms with van der Waals surface area (Å²) < 4.78 is 1.89. The van der Waals surface area contributed by atoms with Gasteiger partial charge in [0.25, 0.3) is 0 Å². The maximum absolute atomic E-state index is 4.26. The monoisotopic (exact) mass is 232 g/mol. The van der Waals surface area contributed by atoms with E-state index < -0.39 is 0 Å². The fourth-order valence-electron chi connectivity index (χ4n) is 2.21. The van der Waals surface area contributed by atoms with Crippen molar-refractivity contribution in [3.8, 4) is 0 Å². The molecule has 1 saturated carbocycles. The molecule has 6 nitrogen and oxygen atoms in total. The number of rotatable bonds is 4. The van der Waals surface area contributed by atoms with Crippen molar-refractivity contribution in [1.82, 2.24) is 25.0 Å². The lowest BCUT2D eigenvalue weighted by Crippen LogP contribution is -2.14. The first kappa shape index (κ1) is 10.4. The first-order valence-corrected chi connectivity index (χ1v) is 6.10. The lowest BCUT2D eigenvalue weighted by molar-refractivity contribution is 0.278. The Hall–Kier alpha value is -1.72. The van der Waals surface area contributed by atoms with Crippen LogP contribution in [0.15, 0.2) is 6.33 Å². The summed E-state index contributed by atoms with van der Waals surface area (Å²) in [5.74, 6) is 1.62. The highest BCUT2D eigenvalue weighted by Crippen LogP contribution is 2.30. The predicted octanol–water partition coefficient (Wildman–Crippen LogP) is 1.45. The average Bonchev–Trinajstić information content (AvgIpc) is 2.70. The zero-order chi connectivity index (χ0) is 11.7. The van der Waals surface area contributed by atoms with E-state index in [1.165, 1.54) is 25.7 Å². The zero-order valence-corrected chi connectivity index (χ0v) is 9.93. The molecule has 0 atom stereocenters. The van der Waals surface area contributed by atoms with Crippen LogP contribution >= 0.6 is 0 Å². The molecule has 2 aromatic heterocycles. The molecular formula is C11H16N6. The Morgan fingerprint density at radius 2 is 2.29 bits per heavy atom. The van der Waals surface area contributed by atoms with Crippen LogP contribution in [0.1, 0.15) is 25.7 Å². The van der Waals surface area contributed by atoms with Crippen LogP contribution < -0.4 is 5.32 Å². The van der Waals surface area contributed by atoms with Crippen molar-refractivity contribution >= 4 is 17.0 Å². The van der Waals surface area contributed by atoms with Crippen molar-refractivity contribution in [3.05, 3.63) is 6.33 Å². The largest absolute Gasteiger partial charge is 0.371 e. The minimum Gasteiger partial charge on any atom is -0.371 e. The normalized spacial score (nSPS) is 16.1. The third kappa shape index (κ3) is 1.83. The molecule has 0 radical (unpaired) electrons. The smallest absolute Gasteiger partial charge is 0.183 e. The predicted molar refractivity (Wildman–Crippen MR) is 64.6 cm³/mol. The van der Waals surface area contributed by atoms with Crippen molar-refractivity contribution in [2.45, 2.75) is 32.2 Å². The van der Waals surface area contributed by atoms with Gasteiger partial charge in [-0.05, 0) is 12.3 Å². The van der Waals surface area contributed by atoms with E-state index >= 15 is 0 Å². The summed E-state index contributed by atoms with van der Waals surface area (Å²) >= 11 is 0. The molecule has 1 fully saturated rings. The Bertz CT molecular complexity index is 516. The highest BCUT2D eigenvalue weighted by atomic mass is 15.4. The SMILES string of the molecule is CNc1ncnc2c1nnn2CCC1CCC1. The van der Waals surface area contributed by atoms with Gasteiger partial charge in [-0.2, -0.15) is 0 Å². The van der Waals surface area contributed by atoms with Gasteiger partial charge in [0.15, 0.2) is 17.0 Å². The summed E-state index contributed by atoms with van der Waals surface area (Å²) in [6.07, 6.45) is 6.84. The fourth-order valence-corrected chi connectivity index (χ4v) is 2.21. The van der Waals surface area contributed by atoms with Crippen LogP contribution in [0.5, 0.6) is 0 Å². The lowest BCUT2D eigenvalue weighted by Gasteiger charge is -2.24. The van der Waals surface area contributed by atoms with Gasteiger partial charge >= 0.3 is 0 Å². The number of anilines is 1. The third-order valence-corrected chi connectivity index (χ3v) is 3.51. The van der Waals surface area contributed by atoms with E-state index in [0.29, 0.717) is 0 Å². The van der Waals surface area contributed by atoms with Gasteiger partial charge in [0.05, 0.1) is 0 Å². The van der Waals surface area contributed by atoms with Crippen LogP contribution in [0.25, 0.3) is 11.2 Å². The van der Waals surface area contributed by atoms with Crippen LogP contribution in [-0.4, -0.2) is 32.0 Å². The molecule has 3 rings (SSSR count). The van der Waals surface area contributed by atoms with Gasteiger partial charge in [0.2, 0.25) is 0 Å². The van der Waals surface area contributed by atoms with Crippen molar-refractivity contribution < 1.29 is 0 Å². The van der Waals surface area contributed by atoms with Gasteiger partial charge in [0, 0.05) is 13.6 Å². The molecular weight excluding hydrogens is 216 g/mol. The Balaban J connectivity index is 1.84. The van der Waals surface area contributed by atoms with Crippen molar-refractivity contribution in [3.63, 3.8) is 0 Å². The fraction of sp³-hybridized carbons (Fsp3) is 0.636. The first-order chi connectivity index (χ1) is 8.38. The zero-order valence-electron chi connectivity index (χ0n) is 9.93. The molecule has 0 spiro atoms. The second-order valence-corrected chi connectivity index (χ2v) is 4.54. The molecule has 0 aliphatic heterocycles. The second-order valence-electron chi connectivity index (χ2n) is 4.54. The van der Waals surface area contributed by atoms with Crippen molar-refractivity contribution in [2.75, 3.05) is 12.4 Å². The molecule has 2 aromatic rings. The number of fused-ring (bicyclic) bond motifs is 1. The standard InChI is InChI=1S/C11H16N6/c1-12-10-9-11(14-7-13-10)17(16-15-9)6-5-8-3-2-4-8/h7-8H,2-6H2,1H3,(H,12,13,14). The molecule has 2 heterocycles. The highest BCUT2D eigenvalue weighted by molar-refractivity contribution is 5.81. The summed E-state index contributed by atoms with van der Waals surface area (Å²) in [5.41, 5.74) is 1.58. The molecule has 0 bridgehead atoms. The molecule has 1 aliphatic carbocycles. The van der Waals surface area contributed by atoms with Crippen LogP contribution in [-0.2, 0) is 6.54 Å². The van der Waals surface area contributed by atoms with Gasteiger partial charge in [-0.3, -0.25) is 0 Å². The van der Waals surface area contributed by atoms with E-state index in [2.05, 4.69) is 25.6 Å². The Labute approximate surface area is 99.4 Å². The van der Waals surface area contributed by atoms with Crippen LogP contribution in [0.2, 0.25) is 0 Å². The number of hydrogen-bond acceptors (Lipinski definition) is 5. The quantitative estimate of drug-likeness (QED) is 0.864.